The molecule has 1 aromatic heterocycles. The minimum absolute atomic E-state index is 0.0621. The fraction of sp³-hybridized carbons (Fsp3) is 0.154. The van der Waals surface area contributed by atoms with Gasteiger partial charge in [-0.15, -0.1) is 0 Å². The first-order valence-corrected chi connectivity index (χ1v) is 5.56. The Morgan fingerprint density at radius 2 is 2.12 bits per heavy atom. The second-order valence-electron chi connectivity index (χ2n) is 3.86. The van der Waals surface area contributed by atoms with Crippen LogP contribution >= 0.6 is 11.6 Å². The third-order valence-corrected chi connectivity index (χ3v) is 2.92. The summed E-state index contributed by atoms with van der Waals surface area (Å²) in [6, 6.07) is 7.73. The summed E-state index contributed by atoms with van der Waals surface area (Å²) in [5.74, 6) is -0.379. The molecule has 17 heavy (non-hydrogen) atoms. The molecule has 0 saturated heterocycles. The van der Waals surface area contributed by atoms with Crippen LogP contribution in [0.4, 0.5) is 4.39 Å². The number of rotatable bonds is 2. The van der Waals surface area contributed by atoms with Gasteiger partial charge < -0.3 is 4.57 Å². The summed E-state index contributed by atoms with van der Waals surface area (Å²) in [6.07, 6.45) is 1.69. The van der Waals surface area contributed by atoms with Crippen molar-refractivity contribution in [3.8, 4) is 0 Å². The molecule has 0 unspecified atom stereocenters. The second-order valence-corrected chi connectivity index (χ2v) is 4.27. The fourth-order valence-corrected chi connectivity index (χ4v) is 1.84. The molecule has 0 aliphatic heterocycles. The van der Waals surface area contributed by atoms with Gasteiger partial charge in [-0.3, -0.25) is 4.79 Å². The third kappa shape index (κ3) is 2.56. The lowest BCUT2D eigenvalue weighted by molar-refractivity contribution is 0.626. The van der Waals surface area contributed by atoms with Crippen LogP contribution in [0.5, 0.6) is 0 Å². The van der Waals surface area contributed by atoms with Crippen LogP contribution in [0, 0.1) is 12.7 Å². The maximum Gasteiger partial charge on any atom is 0.253 e. The van der Waals surface area contributed by atoms with Crippen LogP contribution in [0.1, 0.15) is 11.1 Å². The predicted molar refractivity (Wildman–Crippen MR) is 66.0 cm³/mol. The Balaban J connectivity index is 2.38. The zero-order chi connectivity index (χ0) is 12.4. The molecule has 0 N–H and O–H groups in total. The van der Waals surface area contributed by atoms with Gasteiger partial charge in [0.2, 0.25) is 0 Å². The Morgan fingerprint density at radius 1 is 1.35 bits per heavy atom. The van der Waals surface area contributed by atoms with Gasteiger partial charge in [-0.1, -0.05) is 23.7 Å². The standard InChI is InChI=1S/C13H11ClFNO/c1-9-3-2-6-16(13(9)17)8-10-4-5-11(15)7-12(10)14/h2-7H,8H2,1H3. The van der Waals surface area contributed by atoms with Crippen LogP contribution in [0.3, 0.4) is 0 Å². The smallest absolute Gasteiger partial charge is 0.253 e. The van der Waals surface area contributed by atoms with Crippen LogP contribution in [0.15, 0.2) is 41.3 Å². The SMILES string of the molecule is Cc1cccn(Cc2ccc(F)cc2Cl)c1=O. The summed E-state index contributed by atoms with van der Waals surface area (Å²) in [7, 11) is 0. The normalized spacial score (nSPS) is 10.5. The zero-order valence-electron chi connectivity index (χ0n) is 9.28. The first-order chi connectivity index (χ1) is 8.08. The number of pyridine rings is 1. The highest BCUT2D eigenvalue weighted by atomic mass is 35.5. The second kappa shape index (κ2) is 4.72. The number of benzene rings is 1. The quantitative estimate of drug-likeness (QED) is 0.804. The number of aryl methyl sites for hydroxylation is 1. The maximum atomic E-state index is 12.9. The number of aromatic nitrogens is 1. The van der Waals surface area contributed by atoms with Crippen molar-refractivity contribution in [1.82, 2.24) is 4.57 Å². The van der Waals surface area contributed by atoms with Crippen LogP contribution in [-0.2, 0) is 6.54 Å². The molecular formula is C13H11ClFNO. The van der Waals surface area contributed by atoms with Crippen LogP contribution in [0.25, 0.3) is 0 Å². The summed E-state index contributed by atoms with van der Waals surface area (Å²) >= 11 is 5.92. The van der Waals surface area contributed by atoms with Gasteiger partial charge in [-0.2, -0.15) is 0 Å². The molecule has 4 heteroatoms. The van der Waals surface area contributed by atoms with E-state index in [1.54, 1.807) is 35.9 Å². The Labute approximate surface area is 103 Å². The molecule has 2 nitrogen and oxygen atoms in total. The van der Waals surface area contributed by atoms with Crippen molar-refractivity contribution >= 4 is 11.6 Å². The topological polar surface area (TPSA) is 22.0 Å². The fourth-order valence-electron chi connectivity index (χ4n) is 1.61. The van der Waals surface area contributed by atoms with Gasteiger partial charge in [0.15, 0.2) is 0 Å². The van der Waals surface area contributed by atoms with E-state index in [1.807, 2.05) is 0 Å². The molecule has 0 saturated carbocycles. The van der Waals surface area contributed by atoms with E-state index in [0.29, 0.717) is 17.1 Å². The number of nitrogens with zero attached hydrogens (tertiary/aromatic N) is 1. The lowest BCUT2D eigenvalue weighted by atomic mass is 10.2. The predicted octanol–water partition coefficient (Wildman–Crippen LogP) is 3.00. The van der Waals surface area contributed by atoms with E-state index in [0.717, 1.165) is 5.56 Å². The molecule has 0 fully saturated rings. The van der Waals surface area contributed by atoms with Gasteiger partial charge in [-0.25, -0.2) is 4.39 Å². The van der Waals surface area contributed by atoms with Crippen LogP contribution in [0.2, 0.25) is 5.02 Å². The number of hydrogen-bond donors (Lipinski definition) is 0. The van der Waals surface area contributed by atoms with Crippen molar-refractivity contribution in [2.75, 3.05) is 0 Å². The summed E-state index contributed by atoms with van der Waals surface area (Å²) in [5, 5.41) is 0.332. The third-order valence-electron chi connectivity index (χ3n) is 2.57. The average Bonchev–Trinajstić information content (AvgIpc) is 2.28. The molecule has 88 valence electrons. The lowest BCUT2D eigenvalue weighted by Gasteiger charge is -2.08. The Kier molecular flexibility index (Phi) is 3.29. The van der Waals surface area contributed by atoms with E-state index >= 15 is 0 Å². The van der Waals surface area contributed by atoms with Gasteiger partial charge >= 0.3 is 0 Å². The highest BCUT2D eigenvalue weighted by Crippen LogP contribution is 2.17. The molecule has 2 aromatic rings. The first kappa shape index (κ1) is 11.9. The van der Waals surface area contributed by atoms with Crippen molar-refractivity contribution in [3.63, 3.8) is 0 Å². The summed E-state index contributed by atoms with van der Waals surface area (Å²) in [6.45, 7) is 2.10. The van der Waals surface area contributed by atoms with Gasteiger partial charge in [0.1, 0.15) is 5.82 Å². The number of hydrogen-bond acceptors (Lipinski definition) is 1. The van der Waals surface area contributed by atoms with Gasteiger partial charge in [0.25, 0.3) is 5.56 Å². The Morgan fingerprint density at radius 3 is 2.82 bits per heavy atom. The summed E-state index contributed by atoms with van der Waals surface area (Å²) in [5.41, 5.74) is 1.33. The largest absolute Gasteiger partial charge is 0.311 e. The molecule has 0 bridgehead atoms. The Bertz CT molecular complexity index is 607. The van der Waals surface area contributed by atoms with E-state index in [9.17, 15) is 9.18 Å². The zero-order valence-corrected chi connectivity index (χ0v) is 10.0. The Hall–Kier alpha value is -1.61. The first-order valence-electron chi connectivity index (χ1n) is 5.18. The maximum absolute atomic E-state index is 12.9. The van der Waals surface area contributed by atoms with Crippen LogP contribution in [-0.4, -0.2) is 4.57 Å². The summed E-state index contributed by atoms with van der Waals surface area (Å²) in [4.78, 5) is 11.8. The monoisotopic (exact) mass is 251 g/mol. The van der Waals surface area contributed by atoms with Crippen molar-refractivity contribution in [2.45, 2.75) is 13.5 Å². The van der Waals surface area contributed by atoms with Gasteiger partial charge in [0.05, 0.1) is 6.54 Å². The average molecular weight is 252 g/mol. The highest BCUT2D eigenvalue weighted by molar-refractivity contribution is 6.31. The van der Waals surface area contributed by atoms with Gasteiger partial charge in [-0.05, 0) is 30.7 Å². The number of halogens is 2. The van der Waals surface area contributed by atoms with E-state index in [1.165, 1.54) is 12.1 Å². The molecule has 0 aliphatic carbocycles. The van der Waals surface area contributed by atoms with Crippen molar-refractivity contribution in [3.05, 3.63) is 68.8 Å². The van der Waals surface area contributed by atoms with E-state index < -0.39 is 0 Å². The molecule has 0 atom stereocenters. The summed E-state index contributed by atoms with van der Waals surface area (Å²) < 4.78 is 14.4. The minimum Gasteiger partial charge on any atom is -0.311 e. The van der Waals surface area contributed by atoms with Crippen molar-refractivity contribution in [2.24, 2.45) is 0 Å². The highest BCUT2D eigenvalue weighted by Gasteiger charge is 2.04. The van der Waals surface area contributed by atoms with Crippen molar-refractivity contribution < 1.29 is 4.39 Å². The van der Waals surface area contributed by atoms with Crippen LogP contribution < -0.4 is 5.56 Å². The van der Waals surface area contributed by atoms with Crippen molar-refractivity contribution in [1.29, 1.82) is 0 Å². The van der Waals surface area contributed by atoms with Gasteiger partial charge in [0, 0.05) is 16.8 Å². The molecule has 0 amide bonds. The lowest BCUT2D eigenvalue weighted by Crippen LogP contribution is -2.21. The molecule has 0 radical (unpaired) electrons. The minimum atomic E-state index is -0.379. The molecule has 0 aliphatic rings. The van der Waals surface area contributed by atoms with E-state index in [2.05, 4.69) is 0 Å². The molecule has 2 rings (SSSR count). The van der Waals surface area contributed by atoms with E-state index in [4.69, 9.17) is 11.6 Å². The molecule has 1 aromatic carbocycles. The molecule has 1 heterocycles. The van der Waals surface area contributed by atoms with E-state index in [-0.39, 0.29) is 11.4 Å². The molecule has 0 spiro atoms. The molecular weight excluding hydrogens is 241 g/mol.